The maximum absolute atomic E-state index is 15.0. The van der Waals surface area contributed by atoms with E-state index >= 15 is 0 Å². The second-order valence-corrected chi connectivity index (χ2v) is 28.4. The molecule has 0 saturated carbocycles. The van der Waals surface area contributed by atoms with E-state index in [2.05, 4.69) is 73.8 Å². The number of nitrogens with two attached hydrogens (primary N) is 3. The van der Waals surface area contributed by atoms with Gasteiger partial charge in [0.15, 0.2) is 0 Å². The van der Waals surface area contributed by atoms with Crippen LogP contribution in [0.3, 0.4) is 0 Å². The number of hydrogen-bond acceptors (Lipinski definition) is 18. The number of primary amides is 2. The lowest BCUT2D eigenvalue weighted by Gasteiger charge is -2.29. The molecule has 1 fully saturated rings. The molecule has 2 aromatic heterocycles. The smallest absolute Gasteiger partial charge is 0.245 e. The number of aromatic nitrogens is 2. The second kappa shape index (κ2) is 40.7. The van der Waals surface area contributed by atoms with Crippen LogP contribution in [-0.2, 0) is 86.4 Å². The lowest BCUT2D eigenvalue weighted by atomic mass is 9.96. The van der Waals surface area contributed by atoms with E-state index in [1.54, 1.807) is 109 Å². The zero-order valence-electron chi connectivity index (χ0n) is 61.0. The Morgan fingerprint density at radius 2 is 0.935 bits per heavy atom. The van der Waals surface area contributed by atoms with E-state index in [4.69, 9.17) is 17.2 Å². The van der Waals surface area contributed by atoms with Crippen LogP contribution >= 0.6 is 11.8 Å². The first-order valence-electron chi connectivity index (χ1n) is 35.8. The highest BCUT2D eigenvalue weighted by Crippen LogP contribution is 2.23. The number of amides is 14. The van der Waals surface area contributed by atoms with Crippen LogP contribution in [0.2, 0.25) is 0 Å². The minimum absolute atomic E-state index is 0.0469. The summed E-state index contributed by atoms with van der Waals surface area (Å²) in [5, 5.41) is 54.5. The Labute approximate surface area is 627 Å². The van der Waals surface area contributed by atoms with Crippen molar-refractivity contribution in [3.8, 4) is 0 Å². The summed E-state index contributed by atoms with van der Waals surface area (Å²) in [5.41, 5.74) is 20.3. The summed E-state index contributed by atoms with van der Waals surface area (Å²) in [6.07, 6.45) is 2.61. The van der Waals surface area contributed by atoms with Crippen molar-refractivity contribution >= 4 is 127 Å². The average molecular weight is 1510 g/mol. The van der Waals surface area contributed by atoms with Crippen LogP contribution in [0.5, 0.6) is 0 Å². The van der Waals surface area contributed by atoms with E-state index in [-0.39, 0.29) is 50.8 Å². The summed E-state index contributed by atoms with van der Waals surface area (Å²) >= 11 is 0.864. The molecule has 34 heteroatoms. The van der Waals surface area contributed by atoms with Gasteiger partial charge in [0, 0.05) is 59.2 Å². The highest BCUT2D eigenvalue weighted by molar-refractivity contribution is 8.00. The fourth-order valence-corrected chi connectivity index (χ4v) is 13.1. The number of hydrogen-bond donors (Lipinski definition) is 19. The fraction of sp³-hybridized carbons (Fsp3) is 0.459. The van der Waals surface area contributed by atoms with Crippen LogP contribution in [0.25, 0.3) is 32.6 Å². The summed E-state index contributed by atoms with van der Waals surface area (Å²) in [4.78, 5) is 205. The highest BCUT2D eigenvalue weighted by Gasteiger charge is 2.39. The predicted octanol–water partition coefficient (Wildman–Crippen LogP) is -2.14. The number of fused-ring (bicyclic) bond motifs is 3. The number of unbranched alkanes of at least 4 members (excludes halogenated alkanes) is 1. The molecular weight excluding hydrogens is 1410 g/mol. The van der Waals surface area contributed by atoms with Crippen molar-refractivity contribution in [3.05, 3.63) is 120 Å². The van der Waals surface area contributed by atoms with Crippen molar-refractivity contribution in [2.45, 2.75) is 159 Å². The molecule has 108 heavy (non-hydrogen) atoms. The SMILES string of the molecule is CC[C@H](C)[C@@H]1NC(=O)[C@H](Cc2ccc3ccccc3c2)NC(=O)CSC[C@@H](C(N)=O)NC(=O)[C@H](C(C)C)NC(=O)[C@H](Cc2c[nH]c3ccccc23)NC(=O)[C@H](CCCCN)NC(=O)[C@H](C(C)C)NC(=O)[C@H](Cc2c[nH]c3ccccc23)NC(=O)[C@H](CC(N)=O)NC(=O)[C@H](CO)NC(=O)CNC(=O)[C@H](CO)NC1=O. The molecule has 1 saturated heterocycles. The normalized spacial score (nSPS) is 23.7. The molecule has 0 bridgehead atoms. The Balaban J connectivity index is 1.24. The Morgan fingerprint density at radius 1 is 0.481 bits per heavy atom. The molecule has 33 nitrogen and oxygen atoms in total. The number of para-hydroxylation sites is 2. The van der Waals surface area contributed by atoms with Crippen molar-refractivity contribution < 1.29 is 77.3 Å². The van der Waals surface area contributed by atoms with E-state index in [0.717, 1.165) is 22.5 Å². The zero-order chi connectivity index (χ0) is 78.9. The molecule has 0 aliphatic carbocycles. The molecule has 1 aliphatic rings. The molecule has 0 unspecified atom stereocenters. The third-order valence-electron chi connectivity index (χ3n) is 18.5. The maximum atomic E-state index is 15.0. The van der Waals surface area contributed by atoms with E-state index in [9.17, 15) is 77.3 Å². The number of aromatic amines is 2. The molecule has 3 heterocycles. The van der Waals surface area contributed by atoms with Gasteiger partial charge in [-0.2, -0.15) is 0 Å². The number of carbonyl (C=O) groups excluding carboxylic acids is 14. The number of rotatable bonds is 19. The summed E-state index contributed by atoms with van der Waals surface area (Å²) in [6, 6.07) is 9.72. The summed E-state index contributed by atoms with van der Waals surface area (Å²) in [7, 11) is 0. The van der Waals surface area contributed by atoms with Crippen LogP contribution in [0.1, 0.15) is 90.3 Å². The van der Waals surface area contributed by atoms with Gasteiger partial charge in [0.05, 0.1) is 31.9 Å². The molecule has 6 aromatic rings. The summed E-state index contributed by atoms with van der Waals surface area (Å²) in [5.74, 6) is -16.6. The molecule has 582 valence electrons. The van der Waals surface area contributed by atoms with E-state index in [0.29, 0.717) is 44.9 Å². The Morgan fingerprint density at radius 3 is 1.47 bits per heavy atom. The zero-order valence-corrected chi connectivity index (χ0v) is 61.9. The van der Waals surface area contributed by atoms with Crippen molar-refractivity contribution in [2.24, 2.45) is 35.0 Å². The van der Waals surface area contributed by atoms with Gasteiger partial charge >= 0.3 is 0 Å². The number of thioether (sulfide) groups is 1. The number of aliphatic hydroxyl groups excluding tert-OH is 2. The molecule has 22 N–H and O–H groups in total. The molecule has 1 aliphatic heterocycles. The topological polar surface area (TPSA) is 533 Å². The summed E-state index contributed by atoms with van der Waals surface area (Å²) < 4.78 is 0. The number of nitrogens with one attached hydrogen (secondary N) is 14. The predicted molar refractivity (Wildman–Crippen MR) is 402 cm³/mol. The number of H-pyrrole nitrogens is 2. The van der Waals surface area contributed by atoms with E-state index < -0.39 is 199 Å². The number of aliphatic hydroxyl groups is 2. The van der Waals surface area contributed by atoms with E-state index in [1.807, 2.05) is 36.4 Å². The first-order valence-corrected chi connectivity index (χ1v) is 36.9. The monoisotopic (exact) mass is 1510 g/mol. The van der Waals surface area contributed by atoms with Gasteiger partial charge in [0.25, 0.3) is 0 Å². The van der Waals surface area contributed by atoms with Crippen LogP contribution in [-0.4, -0.2) is 207 Å². The largest absolute Gasteiger partial charge is 0.394 e. The van der Waals surface area contributed by atoms with Gasteiger partial charge < -0.3 is 101 Å². The molecule has 12 atom stereocenters. The van der Waals surface area contributed by atoms with Gasteiger partial charge in [-0.3, -0.25) is 67.1 Å². The first-order chi connectivity index (χ1) is 51.5. The molecule has 14 amide bonds. The van der Waals surface area contributed by atoms with Crippen LogP contribution in [0.4, 0.5) is 0 Å². The molecular formula is C74H99N17O16S. The van der Waals surface area contributed by atoms with Crippen LogP contribution in [0, 0.1) is 17.8 Å². The van der Waals surface area contributed by atoms with Gasteiger partial charge in [-0.1, -0.05) is 127 Å². The first kappa shape index (κ1) is 84.3. The minimum atomic E-state index is -1.90. The van der Waals surface area contributed by atoms with Crippen molar-refractivity contribution in [1.82, 2.24) is 73.8 Å². The third-order valence-corrected chi connectivity index (χ3v) is 19.6. The number of carbonyl (C=O) groups is 14. The Bertz CT molecular complexity index is 4220. The van der Waals surface area contributed by atoms with Crippen molar-refractivity contribution in [3.63, 3.8) is 0 Å². The standard InChI is InChI=1S/C74H99N17O16S/c1-7-40(6)63-74(107)87-55(34-92)65(98)80-33-59(95)82-56(35-93)71(104)86-54(30-58(76)94)67(100)85-53(29-45-32-79-49-21-13-11-19-47(45)49)70(103)89-61(38(2)3)72(105)83-50(22-14-15-25-75)66(99)84-52(28-44-31-78-48-20-12-10-18-46(44)48)69(102)90-62(39(4)5)73(106)88-57(64(77)97)36-108-37-60(96)81-51(68(101)91-63)27-41-23-24-42-16-8-9-17-43(42)26-41/h8-13,16-21,23-24,26,31-32,38-40,50-57,61-63,78-79,92-93H,7,14-15,22,25,27-30,33-37,75H2,1-6H3,(H2,76,94)(H2,77,97)(H,80,98)(H,81,96)(H,82,95)(H,83,105)(H,84,99)(H,85,100)(H,86,104)(H,87,107)(H,88,106)(H,89,103)(H,90,102)(H,91,101)/t40-,50-,51-,52-,53-,54-,55-,56-,57-,61-,62-,63-/m0/s1. The van der Waals surface area contributed by atoms with Gasteiger partial charge in [-0.25, -0.2) is 0 Å². The molecule has 7 rings (SSSR count). The minimum Gasteiger partial charge on any atom is -0.394 e. The molecule has 4 aromatic carbocycles. The molecule has 0 spiro atoms. The maximum Gasteiger partial charge on any atom is 0.245 e. The van der Waals surface area contributed by atoms with Crippen LogP contribution < -0.4 is 81.0 Å². The Hall–Kier alpha value is -11.0. The Kier molecular flexibility index (Phi) is 31.7. The quantitative estimate of drug-likeness (QED) is 0.0385. The van der Waals surface area contributed by atoms with Crippen molar-refractivity contribution in [2.75, 3.05) is 37.8 Å². The van der Waals surface area contributed by atoms with Gasteiger partial charge in [0.1, 0.15) is 66.5 Å². The second-order valence-electron chi connectivity index (χ2n) is 27.4. The van der Waals surface area contributed by atoms with Crippen molar-refractivity contribution in [1.29, 1.82) is 0 Å². The number of benzene rings is 4. The van der Waals surface area contributed by atoms with E-state index in [1.165, 1.54) is 0 Å². The fourth-order valence-electron chi connectivity index (χ4n) is 12.2. The lowest BCUT2D eigenvalue weighted by molar-refractivity contribution is -0.137. The lowest BCUT2D eigenvalue weighted by Crippen LogP contribution is -2.62. The van der Waals surface area contributed by atoms with Gasteiger partial charge in [0.2, 0.25) is 82.7 Å². The highest BCUT2D eigenvalue weighted by atomic mass is 32.2. The third kappa shape index (κ3) is 24.0. The molecule has 0 radical (unpaired) electrons. The van der Waals surface area contributed by atoms with Gasteiger partial charge in [-0.05, 0) is 83.2 Å². The average Bonchev–Trinajstić information content (AvgIpc) is 1.60. The summed E-state index contributed by atoms with van der Waals surface area (Å²) in [6.45, 7) is 6.85. The van der Waals surface area contributed by atoms with Crippen LogP contribution in [0.15, 0.2) is 103 Å². The van der Waals surface area contributed by atoms with Gasteiger partial charge in [-0.15, -0.1) is 11.8 Å².